The van der Waals surface area contributed by atoms with Crippen LogP contribution in [0.1, 0.15) is 6.92 Å². The summed E-state index contributed by atoms with van der Waals surface area (Å²) in [6.07, 6.45) is 0. The van der Waals surface area contributed by atoms with E-state index in [0.717, 1.165) is 0 Å². The maximum Gasteiger partial charge on any atom is 0.0376 e. The third-order valence-electron chi connectivity index (χ3n) is 1.10. The van der Waals surface area contributed by atoms with Gasteiger partial charge in [0.2, 0.25) is 0 Å². The molecule has 0 aliphatic carbocycles. The van der Waals surface area contributed by atoms with E-state index in [2.05, 4.69) is 11.8 Å². The molecule has 0 N–H and O–H groups in total. The van der Waals surface area contributed by atoms with Gasteiger partial charge in [-0.15, -0.1) is 24.0 Å². The Hall–Kier alpha value is 0.540. The van der Waals surface area contributed by atoms with Gasteiger partial charge in [-0.1, -0.05) is 0 Å². The lowest BCUT2D eigenvalue weighted by Crippen LogP contribution is -2.25. The van der Waals surface area contributed by atoms with Crippen molar-refractivity contribution in [1.29, 1.82) is 0 Å². The molecule has 0 aliphatic rings. The lowest BCUT2D eigenvalue weighted by molar-refractivity contribution is 0.338. The molecule has 0 aliphatic heterocycles. The van der Waals surface area contributed by atoms with Gasteiger partial charge in [-0.2, -0.15) is 0 Å². The van der Waals surface area contributed by atoms with Crippen LogP contribution in [0.3, 0.4) is 0 Å². The summed E-state index contributed by atoms with van der Waals surface area (Å²) in [6, 6.07) is 0.502. The van der Waals surface area contributed by atoms with E-state index >= 15 is 0 Å². The zero-order valence-corrected chi connectivity index (χ0v) is 7.09. The molecule has 0 aromatic carbocycles. The predicted molar refractivity (Wildman–Crippen MR) is 41.1 cm³/mol. The third kappa shape index (κ3) is 4.69. The van der Waals surface area contributed by atoms with Gasteiger partial charge in [0, 0.05) is 11.9 Å². The van der Waals surface area contributed by atoms with Crippen LogP contribution in [0.15, 0.2) is 0 Å². The van der Waals surface area contributed by atoms with Crippen LogP contribution in [0.4, 0.5) is 0 Å². The van der Waals surface area contributed by atoms with Gasteiger partial charge >= 0.3 is 0 Å². The first-order valence-corrected chi connectivity index (χ1v) is 2.94. The molecule has 0 amide bonds. The van der Waals surface area contributed by atoms with E-state index in [1.807, 2.05) is 14.1 Å². The first kappa shape index (κ1) is 11.4. The predicted octanol–water partition coefficient (Wildman–Crippen LogP) is 1.60. The fourth-order valence-corrected chi connectivity index (χ4v) is 0.414. The Morgan fingerprint density at radius 2 is 1.88 bits per heavy atom. The van der Waals surface area contributed by atoms with E-state index in [-0.39, 0.29) is 12.4 Å². The van der Waals surface area contributed by atoms with Gasteiger partial charge in [0.1, 0.15) is 0 Å². The summed E-state index contributed by atoms with van der Waals surface area (Å²) < 4.78 is 0. The molecular formula is C5H13Cl2N. The van der Waals surface area contributed by atoms with Crippen molar-refractivity contribution >= 4 is 24.0 Å². The number of alkyl halides is 1. The van der Waals surface area contributed by atoms with E-state index in [0.29, 0.717) is 11.9 Å². The molecule has 0 heterocycles. The SMILES string of the molecule is C[C@@H](CCl)N(C)C.Cl. The molecule has 52 valence electrons. The maximum absolute atomic E-state index is 5.51. The van der Waals surface area contributed by atoms with Crippen LogP contribution in [0, 0.1) is 0 Å². The maximum atomic E-state index is 5.51. The minimum absolute atomic E-state index is 0. The van der Waals surface area contributed by atoms with E-state index in [9.17, 15) is 0 Å². The molecular weight excluding hydrogens is 145 g/mol. The second-order valence-electron chi connectivity index (χ2n) is 1.97. The molecule has 3 heteroatoms. The molecule has 0 unspecified atom stereocenters. The number of rotatable bonds is 2. The first-order chi connectivity index (χ1) is 3.18. The summed E-state index contributed by atoms with van der Waals surface area (Å²) >= 11 is 5.51. The Balaban J connectivity index is 0. The minimum atomic E-state index is 0. The second-order valence-corrected chi connectivity index (χ2v) is 2.28. The van der Waals surface area contributed by atoms with E-state index < -0.39 is 0 Å². The summed E-state index contributed by atoms with van der Waals surface area (Å²) in [5.74, 6) is 0.715. The Labute approximate surface area is 62.4 Å². The molecule has 0 spiro atoms. The average Bonchev–Trinajstić information content (AvgIpc) is 1.65. The van der Waals surface area contributed by atoms with Gasteiger partial charge in [-0.3, -0.25) is 0 Å². The highest BCUT2D eigenvalue weighted by atomic mass is 35.5. The molecule has 1 atom stereocenters. The molecule has 1 nitrogen and oxygen atoms in total. The van der Waals surface area contributed by atoms with Crippen molar-refractivity contribution in [3.63, 3.8) is 0 Å². The van der Waals surface area contributed by atoms with Gasteiger partial charge in [-0.25, -0.2) is 0 Å². The van der Waals surface area contributed by atoms with Crippen molar-refractivity contribution < 1.29 is 0 Å². The average molecular weight is 158 g/mol. The lowest BCUT2D eigenvalue weighted by atomic mass is 10.4. The lowest BCUT2D eigenvalue weighted by Gasteiger charge is -2.15. The number of nitrogens with zero attached hydrogens (tertiary/aromatic N) is 1. The van der Waals surface area contributed by atoms with Gasteiger partial charge in [0.05, 0.1) is 0 Å². The Morgan fingerprint density at radius 3 is 1.88 bits per heavy atom. The van der Waals surface area contributed by atoms with Crippen LogP contribution in [-0.2, 0) is 0 Å². The van der Waals surface area contributed by atoms with Crippen molar-refractivity contribution in [2.45, 2.75) is 13.0 Å². The number of hydrogen-bond donors (Lipinski definition) is 0. The normalized spacial score (nSPS) is 13.1. The molecule has 0 saturated carbocycles. The third-order valence-corrected chi connectivity index (χ3v) is 1.55. The molecule has 0 aromatic rings. The van der Waals surface area contributed by atoms with Gasteiger partial charge in [0.25, 0.3) is 0 Å². The summed E-state index contributed by atoms with van der Waals surface area (Å²) in [5, 5.41) is 0. The van der Waals surface area contributed by atoms with Crippen molar-refractivity contribution in [2.75, 3.05) is 20.0 Å². The largest absolute Gasteiger partial charge is 0.306 e. The Kier molecular flexibility index (Phi) is 8.05. The highest BCUT2D eigenvalue weighted by Crippen LogP contribution is 1.91. The topological polar surface area (TPSA) is 3.24 Å². The van der Waals surface area contributed by atoms with Crippen LogP contribution in [0.5, 0.6) is 0 Å². The van der Waals surface area contributed by atoms with Crippen molar-refractivity contribution in [1.82, 2.24) is 4.90 Å². The summed E-state index contributed by atoms with van der Waals surface area (Å²) in [6.45, 7) is 2.09. The van der Waals surface area contributed by atoms with Crippen molar-refractivity contribution in [3.8, 4) is 0 Å². The van der Waals surface area contributed by atoms with Crippen molar-refractivity contribution in [2.24, 2.45) is 0 Å². The van der Waals surface area contributed by atoms with Crippen LogP contribution in [-0.4, -0.2) is 30.9 Å². The highest BCUT2D eigenvalue weighted by Gasteiger charge is 1.98. The number of hydrogen-bond acceptors (Lipinski definition) is 1. The minimum Gasteiger partial charge on any atom is -0.306 e. The van der Waals surface area contributed by atoms with Crippen molar-refractivity contribution in [3.05, 3.63) is 0 Å². The van der Waals surface area contributed by atoms with E-state index in [1.165, 1.54) is 0 Å². The first-order valence-electron chi connectivity index (χ1n) is 2.41. The number of halogens is 2. The van der Waals surface area contributed by atoms with Crippen LogP contribution < -0.4 is 0 Å². The molecule has 0 aromatic heterocycles. The molecule has 0 radical (unpaired) electrons. The summed E-state index contributed by atoms with van der Waals surface area (Å²) in [5.41, 5.74) is 0. The molecule has 0 saturated heterocycles. The summed E-state index contributed by atoms with van der Waals surface area (Å²) in [4.78, 5) is 2.09. The van der Waals surface area contributed by atoms with Gasteiger partial charge in [0.15, 0.2) is 0 Å². The molecule has 8 heavy (non-hydrogen) atoms. The Morgan fingerprint density at radius 1 is 1.50 bits per heavy atom. The van der Waals surface area contributed by atoms with E-state index in [1.54, 1.807) is 0 Å². The quantitative estimate of drug-likeness (QED) is 0.551. The fraction of sp³-hybridized carbons (Fsp3) is 1.00. The van der Waals surface area contributed by atoms with E-state index in [4.69, 9.17) is 11.6 Å². The fourth-order valence-electron chi connectivity index (χ4n) is 0.138. The van der Waals surface area contributed by atoms with Crippen LogP contribution >= 0.6 is 24.0 Å². The van der Waals surface area contributed by atoms with Gasteiger partial charge < -0.3 is 4.90 Å². The zero-order chi connectivity index (χ0) is 5.86. The zero-order valence-electron chi connectivity index (χ0n) is 5.52. The second kappa shape index (κ2) is 5.67. The van der Waals surface area contributed by atoms with Crippen LogP contribution in [0.2, 0.25) is 0 Å². The smallest absolute Gasteiger partial charge is 0.0376 e. The molecule has 0 fully saturated rings. The molecule has 0 rings (SSSR count). The highest BCUT2D eigenvalue weighted by molar-refractivity contribution is 6.18. The monoisotopic (exact) mass is 157 g/mol. The Bertz CT molecular complexity index is 47.7. The molecule has 0 bridgehead atoms. The standard InChI is InChI=1S/C5H12ClN.ClH/c1-5(4-6)7(2)3;/h5H,4H2,1-3H3;1H/t5-;/m0./s1. The van der Waals surface area contributed by atoms with Crippen LogP contribution in [0.25, 0.3) is 0 Å². The van der Waals surface area contributed by atoms with Gasteiger partial charge in [-0.05, 0) is 21.0 Å². The summed E-state index contributed by atoms with van der Waals surface area (Å²) in [7, 11) is 4.04.